The molecule has 0 unspecified atom stereocenters. The third kappa shape index (κ3) is 5.25. The lowest BCUT2D eigenvalue weighted by Gasteiger charge is -2.12. The number of amides is 2. The summed E-state index contributed by atoms with van der Waals surface area (Å²) in [6.45, 7) is 0. The predicted octanol–water partition coefficient (Wildman–Crippen LogP) is 4.83. The third-order valence-electron chi connectivity index (χ3n) is 3.76. The molecule has 3 aromatic rings. The van der Waals surface area contributed by atoms with E-state index in [1.54, 1.807) is 66.7 Å². The summed E-state index contributed by atoms with van der Waals surface area (Å²) in [5.41, 5.74) is 2.30. The van der Waals surface area contributed by atoms with Crippen molar-refractivity contribution in [3.05, 3.63) is 94.5 Å². The molecule has 0 aliphatic rings. The molecule has 0 spiro atoms. The van der Waals surface area contributed by atoms with Crippen LogP contribution in [0, 0.1) is 0 Å². The maximum Gasteiger partial charge on any atom is 0.258 e. The maximum absolute atomic E-state index is 12.3. The first-order chi connectivity index (χ1) is 13.5. The van der Waals surface area contributed by atoms with Gasteiger partial charge in [-0.05, 0) is 70.6 Å². The van der Waals surface area contributed by atoms with Crippen molar-refractivity contribution in [1.29, 1.82) is 0 Å². The minimum absolute atomic E-state index is 0.160. The highest BCUT2D eigenvalue weighted by atomic mass is 79.9. The van der Waals surface area contributed by atoms with Crippen LogP contribution in [0.1, 0.15) is 20.7 Å². The number of rotatable bonds is 4. The van der Waals surface area contributed by atoms with Crippen LogP contribution in [0.2, 0.25) is 0 Å². The molecule has 3 aromatic carbocycles. The van der Waals surface area contributed by atoms with E-state index < -0.39 is 0 Å². The fraction of sp³-hybridized carbons (Fsp3) is 0. The number of hydrogen-bond acceptors (Lipinski definition) is 3. The molecule has 3 N–H and O–H groups in total. The van der Waals surface area contributed by atoms with Crippen LogP contribution >= 0.6 is 28.1 Å². The number of halogens is 1. The molecule has 3 rings (SSSR count). The Labute approximate surface area is 176 Å². The normalized spacial score (nSPS) is 10.0. The van der Waals surface area contributed by atoms with Gasteiger partial charge < -0.3 is 10.6 Å². The Morgan fingerprint density at radius 2 is 1.39 bits per heavy atom. The summed E-state index contributed by atoms with van der Waals surface area (Å²) in [6.07, 6.45) is 0. The molecule has 28 heavy (non-hydrogen) atoms. The number of nitrogens with one attached hydrogen (secondary N) is 3. The van der Waals surface area contributed by atoms with Gasteiger partial charge in [0.05, 0.1) is 5.56 Å². The molecule has 7 heteroatoms. The van der Waals surface area contributed by atoms with E-state index in [2.05, 4.69) is 31.9 Å². The van der Waals surface area contributed by atoms with Crippen molar-refractivity contribution in [2.45, 2.75) is 0 Å². The van der Waals surface area contributed by atoms with Gasteiger partial charge in [-0.1, -0.05) is 36.4 Å². The van der Waals surface area contributed by atoms with Crippen molar-refractivity contribution in [2.24, 2.45) is 0 Å². The first-order valence-electron chi connectivity index (χ1n) is 8.36. The van der Waals surface area contributed by atoms with Crippen molar-refractivity contribution in [3.8, 4) is 0 Å². The van der Waals surface area contributed by atoms with E-state index >= 15 is 0 Å². The summed E-state index contributed by atoms with van der Waals surface area (Å²) >= 11 is 8.56. The van der Waals surface area contributed by atoms with Crippen LogP contribution in [0.25, 0.3) is 0 Å². The fourth-order valence-corrected chi connectivity index (χ4v) is 3.12. The van der Waals surface area contributed by atoms with Crippen LogP contribution in [0.15, 0.2) is 83.3 Å². The zero-order valence-electron chi connectivity index (χ0n) is 14.6. The highest BCUT2D eigenvalue weighted by Crippen LogP contribution is 2.17. The number of thiocarbonyl (C=S) groups is 1. The first kappa shape index (κ1) is 19.7. The van der Waals surface area contributed by atoms with Gasteiger partial charge in [-0.25, -0.2) is 0 Å². The van der Waals surface area contributed by atoms with E-state index in [1.165, 1.54) is 0 Å². The molecule has 0 fully saturated rings. The minimum atomic E-state index is -0.321. The summed E-state index contributed by atoms with van der Waals surface area (Å²) in [5, 5.41) is 8.57. The second kappa shape index (κ2) is 9.25. The second-order valence-electron chi connectivity index (χ2n) is 5.79. The summed E-state index contributed by atoms with van der Waals surface area (Å²) in [6, 6.07) is 23.1. The average molecular weight is 454 g/mol. The zero-order valence-corrected chi connectivity index (χ0v) is 17.0. The topological polar surface area (TPSA) is 70.2 Å². The molecule has 0 atom stereocenters. The highest BCUT2D eigenvalue weighted by molar-refractivity contribution is 9.10. The van der Waals surface area contributed by atoms with Gasteiger partial charge in [0, 0.05) is 21.4 Å². The largest absolute Gasteiger partial charge is 0.332 e. The standard InChI is InChI=1S/C21H16BrN3O2S/c22-18-12-5-4-11-17(18)20(27)25-21(28)24-16-10-6-9-15(13-16)23-19(26)14-7-2-1-3-8-14/h1-13H,(H,23,26)(H2,24,25,27,28). The highest BCUT2D eigenvalue weighted by Gasteiger charge is 2.11. The molecule has 0 saturated heterocycles. The van der Waals surface area contributed by atoms with Crippen LogP contribution < -0.4 is 16.0 Å². The van der Waals surface area contributed by atoms with E-state index in [4.69, 9.17) is 12.2 Å². The van der Waals surface area contributed by atoms with E-state index in [9.17, 15) is 9.59 Å². The van der Waals surface area contributed by atoms with Crippen LogP contribution in [0.4, 0.5) is 11.4 Å². The summed E-state index contributed by atoms with van der Waals surface area (Å²) in [5.74, 6) is -0.527. The monoisotopic (exact) mass is 453 g/mol. The Balaban J connectivity index is 1.62. The summed E-state index contributed by atoms with van der Waals surface area (Å²) < 4.78 is 0.681. The van der Waals surface area contributed by atoms with E-state index in [-0.39, 0.29) is 16.9 Å². The molecule has 0 bridgehead atoms. The summed E-state index contributed by atoms with van der Waals surface area (Å²) in [7, 11) is 0. The van der Waals surface area contributed by atoms with Gasteiger partial charge in [0.25, 0.3) is 11.8 Å². The Kier molecular flexibility index (Phi) is 6.52. The Morgan fingerprint density at radius 1 is 0.750 bits per heavy atom. The maximum atomic E-state index is 12.3. The average Bonchev–Trinajstić information content (AvgIpc) is 2.69. The van der Waals surface area contributed by atoms with E-state index in [0.29, 0.717) is 27.0 Å². The number of carbonyl (C=O) groups excluding carboxylic acids is 2. The van der Waals surface area contributed by atoms with E-state index in [0.717, 1.165) is 0 Å². The molecular weight excluding hydrogens is 438 g/mol. The van der Waals surface area contributed by atoms with Gasteiger partial charge in [0.15, 0.2) is 5.11 Å². The number of carbonyl (C=O) groups is 2. The minimum Gasteiger partial charge on any atom is -0.332 e. The molecule has 0 heterocycles. The zero-order chi connectivity index (χ0) is 19.9. The van der Waals surface area contributed by atoms with Gasteiger partial charge >= 0.3 is 0 Å². The first-order valence-corrected chi connectivity index (χ1v) is 9.56. The molecule has 5 nitrogen and oxygen atoms in total. The smallest absolute Gasteiger partial charge is 0.258 e. The van der Waals surface area contributed by atoms with Crippen LogP contribution in [0.5, 0.6) is 0 Å². The van der Waals surface area contributed by atoms with Crippen LogP contribution in [-0.2, 0) is 0 Å². The van der Waals surface area contributed by atoms with Crippen molar-refractivity contribution < 1.29 is 9.59 Å². The molecule has 0 radical (unpaired) electrons. The molecule has 2 amide bonds. The quantitative estimate of drug-likeness (QED) is 0.494. The van der Waals surface area contributed by atoms with E-state index in [1.807, 2.05) is 12.1 Å². The van der Waals surface area contributed by atoms with Gasteiger partial charge in [-0.3, -0.25) is 14.9 Å². The molecule has 0 aliphatic heterocycles. The molecule has 0 saturated carbocycles. The molecular formula is C21H16BrN3O2S. The lowest BCUT2D eigenvalue weighted by atomic mass is 10.2. The third-order valence-corrected chi connectivity index (χ3v) is 4.66. The molecule has 0 aromatic heterocycles. The summed E-state index contributed by atoms with van der Waals surface area (Å²) in [4.78, 5) is 24.6. The number of anilines is 2. The Morgan fingerprint density at radius 3 is 2.11 bits per heavy atom. The lowest BCUT2D eigenvalue weighted by Crippen LogP contribution is -2.34. The SMILES string of the molecule is O=C(Nc1cccc(NC(=S)NC(=O)c2ccccc2Br)c1)c1ccccc1. The Bertz CT molecular complexity index is 1020. The van der Waals surface area contributed by atoms with Gasteiger partial charge in [0.1, 0.15) is 0 Å². The fourth-order valence-electron chi connectivity index (χ4n) is 2.45. The number of benzene rings is 3. The predicted molar refractivity (Wildman–Crippen MR) is 119 cm³/mol. The van der Waals surface area contributed by atoms with Crippen molar-refractivity contribution in [1.82, 2.24) is 5.32 Å². The van der Waals surface area contributed by atoms with Crippen molar-refractivity contribution in [3.63, 3.8) is 0 Å². The van der Waals surface area contributed by atoms with Gasteiger partial charge in [-0.2, -0.15) is 0 Å². The number of hydrogen-bond donors (Lipinski definition) is 3. The molecule has 140 valence electrons. The van der Waals surface area contributed by atoms with Crippen LogP contribution in [-0.4, -0.2) is 16.9 Å². The van der Waals surface area contributed by atoms with Gasteiger partial charge in [-0.15, -0.1) is 0 Å². The second-order valence-corrected chi connectivity index (χ2v) is 7.05. The Hall–Kier alpha value is -3.03. The lowest BCUT2D eigenvalue weighted by molar-refractivity contribution is 0.0975. The van der Waals surface area contributed by atoms with Gasteiger partial charge in [0.2, 0.25) is 0 Å². The van der Waals surface area contributed by atoms with Crippen molar-refractivity contribution in [2.75, 3.05) is 10.6 Å². The van der Waals surface area contributed by atoms with Crippen molar-refractivity contribution >= 4 is 56.4 Å². The molecule has 0 aliphatic carbocycles. The van der Waals surface area contributed by atoms with Crippen LogP contribution in [0.3, 0.4) is 0 Å².